The van der Waals surface area contributed by atoms with Crippen molar-refractivity contribution >= 4 is 11.7 Å². The molecule has 20 heavy (non-hydrogen) atoms. The average molecular weight is 315 g/mol. The van der Waals surface area contributed by atoms with Gasteiger partial charge in [0.1, 0.15) is 0 Å². The average Bonchev–Trinajstić information content (AvgIpc) is 2.41. The van der Waals surface area contributed by atoms with Gasteiger partial charge in [-0.25, -0.2) is 0 Å². The van der Waals surface area contributed by atoms with Crippen LogP contribution >= 0.6 is 0 Å². The smallest absolute Gasteiger partial charge is 0.272 e. The number of aromatic nitrogens is 2. The summed E-state index contributed by atoms with van der Waals surface area (Å²) in [7, 11) is 0. The summed E-state index contributed by atoms with van der Waals surface area (Å²) in [6.07, 6.45) is 6.59. The van der Waals surface area contributed by atoms with Crippen molar-refractivity contribution in [3.63, 3.8) is 0 Å². The van der Waals surface area contributed by atoms with Gasteiger partial charge >= 0.3 is 0 Å². The van der Waals surface area contributed by atoms with Gasteiger partial charge in [-0.1, -0.05) is 0 Å². The van der Waals surface area contributed by atoms with E-state index in [2.05, 4.69) is 9.97 Å². The van der Waals surface area contributed by atoms with Gasteiger partial charge in [-0.2, -0.15) is 0 Å². The van der Waals surface area contributed by atoms with E-state index < -0.39 is 0 Å². The lowest BCUT2D eigenvalue weighted by molar-refractivity contribution is -0.115. The zero-order valence-electron chi connectivity index (χ0n) is 10.6. The molecule has 8 N–H and O–H groups in total. The molecule has 2 heterocycles. The SMILES string of the molecule is NC(=[NH2+])c1cccnc1.NC(=[NH2+])c1cccnc1.[Cl-].[Cl-]. The van der Waals surface area contributed by atoms with E-state index in [1.54, 1.807) is 36.9 Å². The fourth-order valence-corrected chi connectivity index (χ4v) is 1.07. The summed E-state index contributed by atoms with van der Waals surface area (Å²) in [5.41, 5.74) is 12.1. The van der Waals surface area contributed by atoms with Crippen LogP contribution in [0.1, 0.15) is 11.1 Å². The third-order valence-corrected chi connectivity index (χ3v) is 1.99. The highest BCUT2D eigenvalue weighted by Gasteiger charge is 1.97. The highest BCUT2D eigenvalue weighted by molar-refractivity contribution is 5.92. The summed E-state index contributed by atoms with van der Waals surface area (Å²) in [5.74, 6) is 0.617. The summed E-state index contributed by atoms with van der Waals surface area (Å²) in [5, 5.41) is 10.5. The second-order valence-corrected chi connectivity index (χ2v) is 3.39. The topological polar surface area (TPSA) is 129 Å². The van der Waals surface area contributed by atoms with E-state index in [0.717, 1.165) is 11.1 Å². The van der Waals surface area contributed by atoms with Crippen molar-refractivity contribution < 1.29 is 35.6 Å². The number of hydrogen-bond acceptors (Lipinski definition) is 2. The molecule has 0 saturated carbocycles. The van der Waals surface area contributed by atoms with Gasteiger partial charge in [0.05, 0.1) is 11.1 Å². The van der Waals surface area contributed by atoms with Crippen LogP contribution in [0.2, 0.25) is 0 Å². The molecule has 0 unspecified atom stereocenters. The summed E-state index contributed by atoms with van der Waals surface area (Å²) in [6.45, 7) is 0. The molecule has 0 aliphatic heterocycles. The van der Waals surface area contributed by atoms with Gasteiger partial charge in [0.2, 0.25) is 0 Å². The first-order valence-electron chi connectivity index (χ1n) is 5.18. The molecular formula is C12H16Cl2N6. The number of hydrogen-bond donors (Lipinski definition) is 4. The van der Waals surface area contributed by atoms with Crippen LogP contribution in [-0.2, 0) is 0 Å². The monoisotopic (exact) mass is 314 g/mol. The van der Waals surface area contributed by atoms with E-state index in [1.165, 1.54) is 0 Å². The highest BCUT2D eigenvalue weighted by Crippen LogP contribution is 1.90. The maximum Gasteiger partial charge on any atom is 0.272 e. The Morgan fingerprint density at radius 1 is 0.800 bits per heavy atom. The molecule has 0 atom stereocenters. The highest BCUT2D eigenvalue weighted by atomic mass is 35.5. The molecule has 8 heteroatoms. The maximum absolute atomic E-state index is 5.27. The largest absolute Gasteiger partial charge is 1.00 e. The number of rotatable bonds is 2. The Morgan fingerprint density at radius 2 is 1.15 bits per heavy atom. The van der Waals surface area contributed by atoms with Gasteiger partial charge in [0.25, 0.3) is 11.7 Å². The Balaban J connectivity index is 0. The fourth-order valence-electron chi connectivity index (χ4n) is 1.07. The summed E-state index contributed by atoms with van der Waals surface area (Å²) >= 11 is 0. The lowest BCUT2D eigenvalue weighted by atomic mass is 10.3. The van der Waals surface area contributed by atoms with Crippen molar-refractivity contribution in [1.82, 2.24) is 9.97 Å². The van der Waals surface area contributed by atoms with E-state index in [0.29, 0.717) is 11.7 Å². The Hall–Kier alpha value is -2.18. The Bertz CT molecular complexity index is 468. The molecule has 6 nitrogen and oxygen atoms in total. The minimum absolute atomic E-state index is 0. The van der Waals surface area contributed by atoms with Crippen LogP contribution in [0.3, 0.4) is 0 Å². The number of nitrogens with two attached hydrogens (primary N) is 4. The Morgan fingerprint density at radius 3 is 1.30 bits per heavy atom. The third-order valence-electron chi connectivity index (χ3n) is 1.99. The molecule has 2 aromatic rings. The normalized spacial score (nSPS) is 8.00. The van der Waals surface area contributed by atoms with Crippen molar-refractivity contribution in [2.24, 2.45) is 11.5 Å². The molecular weight excluding hydrogens is 299 g/mol. The molecule has 0 spiro atoms. The Labute approximate surface area is 129 Å². The van der Waals surface area contributed by atoms with Gasteiger partial charge in [0, 0.05) is 24.8 Å². The third kappa shape index (κ3) is 7.30. The molecule has 0 aromatic carbocycles. The van der Waals surface area contributed by atoms with Gasteiger partial charge in [-0.15, -0.1) is 0 Å². The predicted molar refractivity (Wildman–Crippen MR) is 68.9 cm³/mol. The van der Waals surface area contributed by atoms with Gasteiger partial charge in [0.15, 0.2) is 0 Å². The van der Waals surface area contributed by atoms with E-state index in [1.807, 2.05) is 12.1 Å². The Kier molecular flexibility index (Phi) is 10.8. The van der Waals surface area contributed by atoms with Gasteiger partial charge < -0.3 is 24.8 Å². The van der Waals surface area contributed by atoms with Crippen LogP contribution in [-0.4, -0.2) is 21.6 Å². The molecule has 0 aliphatic carbocycles. The molecule has 0 bridgehead atoms. The molecule has 0 radical (unpaired) electrons. The van der Waals surface area contributed by atoms with E-state index in [4.69, 9.17) is 22.3 Å². The lowest BCUT2D eigenvalue weighted by Gasteiger charge is -1.87. The van der Waals surface area contributed by atoms with Crippen LogP contribution in [0, 0.1) is 0 Å². The number of nitrogens with zero attached hydrogens (tertiary/aromatic N) is 2. The van der Waals surface area contributed by atoms with Crippen LogP contribution in [0.25, 0.3) is 0 Å². The first-order chi connectivity index (χ1) is 8.61. The van der Waals surface area contributed by atoms with E-state index in [9.17, 15) is 0 Å². The first-order valence-corrected chi connectivity index (χ1v) is 5.18. The fraction of sp³-hybridized carbons (Fsp3) is 0. The molecule has 0 amide bonds. The van der Waals surface area contributed by atoms with Crippen molar-refractivity contribution in [2.75, 3.05) is 0 Å². The van der Waals surface area contributed by atoms with Crippen molar-refractivity contribution in [1.29, 1.82) is 0 Å². The molecule has 0 saturated heterocycles. The van der Waals surface area contributed by atoms with E-state index in [-0.39, 0.29) is 24.8 Å². The minimum Gasteiger partial charge on any atom is -1.00 e. The van der Waals surface area contributed by atoms with Crippen LogP contribution in [0.4, 0.5) is 0 Å². The minimum atomic E-state index is 0. The quantitative estimate of drug-likeness (QED) is 0.324. The maximum atomic E-state index is 5.27. The summed E-state index contributed by atoms with van der Waals surface area (Å²) in [4.78, 5) is 7.65. The summed E-state index contributed by atoms with van der Waals surface area (Å²) in [6, 6.07) is 7.19. The predicted octanol–water partition coefficient (Wildman–Crippen LogP) is -8.90. The van der Waals surface area contributed by atoms with Crippen LogP contribution < -0.4 is 47.1 Å². The summed E-state index contributed by atoms with van der Waals surface area (Å²) < 4.78 is 0. The van der Waals surface area contributed by atoms with Gasteiger partial charge in [-0.05, 0) is 24.3 Å². The molecule has 2 rings (SSSR count). The zero-order chi connectivity index (χ0) is 13.4. The van der Waals surface area contributed by atoms with Crippen molar-refractivity contribution in [2.45, 2.75) is 0 Å². The second-order valence-electron chi connectivity index (χ2n) is 3.39. The molecule has 2 aromatic heterocycles. The zero-order valence-corrected chi connectivity index (χ0v) is 12.1. The van der Waals surface area contributed by atoms with E-state index >= 15 is 0 Å². The standard InChI is InChI=1S/2C6H7N3.2ClH/c2*7-6(8)5-2-1-3-9-4-5;;/h2*1-4H,(H3,7,8);2*1H. The molecule has 0 aliphatic rings. The van der Waals surface area contributed by atoms with Crippen molar-refractivity contribution in [3.05, 3.63) is 60.2 Å². The molecule has 108 valence electrons. The molecule has 0 fully saturated rings. The number of halogens is 2. The number of amidine groups is 2. The second kappa shape index (κ2) is 10.7. The first kappa shape index (κ1) is 20.1. The van der Waals surface area contributed by atoms with Crippen LogP contribution in [0.15, 0.2) is 49.1 Å². The van der Waals surface area contributed by atoms with Crippen molar-refractivity contribution in [3.8, 4) is 0 Å². The van der Waals surface area contributed by atoms with Crippen LogP contribution in [0.5, 0.6) is 0 Å². The number of pyridine rings is 2. The lowest BCUT2D eigenvalue weighted by Crippen LogP contribution is -3.00. The van der Waals surface area contributed by atoms with Gasteiger partial charge in [-0.3, -0.25) is 32.3 Å².